The number of methoxy groups -OCH3 is 3. The number of ketones is 1. The second-order valence-electron chi connectivity index (χ2n) is 6.59. The summed E-state index contributed by atoms with van der Waals surface area (Å²) in [6.45, 7) is 0.521. The largest absolute Gasteiger partial charge is 0.493 e. The predicted molar refractivity (Wildman–Crippen MR) is 106 cm³/mol. The quantitative estimate of drug-likeness (QED) is 0.640. The van der Waals surface area contributed by atoms with Crippen molar-refractivity contribution in [3.8, 4) is 17.2 Å². The smallest absolute Gasteiger partial charge is 0.203 e. The van der Waals surface area contributed by atoms with Gasteiger partial charge in [0.25, 0.3) is 0 Å². The van der Waals surface area contributed by atoms with Crippen LogP contribution in [0.25, 0.3) is 10.9 Å². The van der Waals surface area contributed by atoms with Crippen molar-refractivity contribution in [3.05, 3.63) is 54.2 Å². The Kier molecular flexibility index (Phi) is 4.93. The van der Waals surface area contributed by atoms with Gasteiger partial charge in [0.05, 0.1) is 32.9 Å². The first kappa shape index (κ1) is 18.3. The second kappa shape index (κ2) is 7.53. The summed E-state index contributed by atoms with van der Waals surface area (Å²) in [7, 11) is 4.61. The Bertz CT molecular complexity index is 989. The van der Waals surface area contributed by atoms with Crippen LogP contribution in [0.1, 0.15) is 16.6 Å². The molecule has 2 heterocycles. The van der Waals surface area contributed by atoms with Gasteiger partial charge in [0, 0.05) is 18.3 Å². The molecule has 2 aromatic carbocycles. The van der Waals surface area contributed by atoms with Crippen molar-refractivity contribution >= 4 is 16.7 Å². The topological polar surface area (TPSA) is 73.8 Å². The zero-order chi connectivity index (χ0) is 19.7. The lowest BCUT2D eigenvalue weighted by atomic mass is 10.0. The van der Waals surface area contributed by atoms with E-state index in [0.29, 0.717) is 29.4 Å². The van der Waals surface area contributed by atoms with E-state index in [0.717, 1.165) is 10.9 Å². The highest BCUT2D eigenvalue weighted by Crippen LogP contribution is 2.38. The van der Waals surface area contributed by atoms with Crippen molar-refractivity contribution in [1.29, 1.82) is 0 Å². The molecule has 1 aliphatic heterocycles. The van der Waals surface area contributed by atoms with Crippen LogP contribution < -0.4 is 24.8 Å². The first-order valence-corrected chi connectivity index (χ1v) is 9.05. The number of fused-ring (bicyclic) bond motifs is 1. The number of hydrogen-bond donors (Lipinski definition) is 2. The highest BCUT2D eigenvalue weighted by Gasteiger charge is 2.31. The van der Waals surface area contributed by atoms with Gasteiger partial charge in [-0.05, 0) is 29.7 Å². The summed E-state index contributed by atoms with van der Waals surface area (Å²) in [5.41, 5.74) is 1.61. The highest BCUT2D eigenvalue weighted by atomic mass is 16.5. The zero-order valence-electron chi connectivity index (χ0n) is 16.1. The third-order valence-electron chi connectivity index (χ3n) is 5.05. The van der Waals surface area contributed by atoms with Crippen molar-refractivity contribution in [2.24, 2.45) is 0 Å². The maximum atomic E-state index is 13.1. The molecule has 1 aromatic heterocycles. The third kappa shape index (κ3) is 3.08. The number of rotatable bonds is 6. The highest BCUT2D eigenvalue weighted by molar-refractivity contribution is 6.01. The number of ether oxygens (including phenoxy) is 3. The van der Waals surface area contributed by atoms with Crippen molar-refractivity contribution in [1.82, 2.24) is 15.2 Å². The van der Waals surface area contributed by atoms with Crippen LogP contribution in [0, 0.1) is 0 Å². The van der Waals surface area contributed by atoms with Crippen molar-refractivity contribution in [3.63, 3.8) is 0 Å². The molecule has 1 aliphatic rings. The van der Waals surface area contributed by atoms with E-state index < -0.39 is 0 Å². The Morgan fingerprint density at radius 2 is 1.75 bits per heavy atom. The normalized spacial score (nSPS) is 19.0. The van der Waals surface area contributed by atoms with Crippen LogP contribution in [0.3, 0.4) is 0 Å². The molecule has 0 spiro atoms. The van der Waals surface area contributed by atoms with E-state index >= 15 is 0 Å². The monoisotopic (exact) mass is 381 g/mol. The zero-order valence-corrected chi connectivity index (χ0v) is 16.1. The van der Waals surface area contributed by atoms with Crippen LogP contribution in [0.5, 0.6) is 17.2 Å². The van der Waals surface area contributed by atoms with Gasteiger partial charge in [-0.25, -0.2) is 0 Å². The van der Waals surface area contributed by atoms with Crippen LogP contribution in [0.15, 0.2) is 48.7 Å². The number of aromatic nitrogens is 1. The Balaban J connectivity index is 1.58. The fourth-order valence-electron chi connectivity index (χ4n) is 3.64. The molecule has 2 N–H and O–H groups in total. The van der Waals surface area contributed by atoms with E-state index in [1.165, 1.54) is 21.3 Å². The van der Waals surface area contributed by atoms with E-state index in [1.54, 1.807) is 12.1 Å². The summed E-state index contributed by atoms with van der Waals surface area (Å²) < 4.78 is 18.2. The molecule has 0 radical (unpaired) electrons. The van der Waals surface area contributed by atoms with Crippen LogP contribution >= 0.6 is 0 Å². The average Bonchev–Trinajstić information content (AvgIpc) is 3.38. The SMILES string of the molecule is COc1cc(C(=O)C2CNC(n3ccc4ccccc43)N2)cc(OC)c1OC. The summed E-state index contributed by atoms with van der Waals surface area (Å²) in [6.07, 6.45) is 1.86. The van der Waals surface area contributed by atoms with Gasteiger partial charge in [-0.15, -0.1) is 0 Å². The van der Waals surface area contributed by atoms with E-state index in [1.807, 2.05) is 18.3 Å². The molecule has 1 saturated heterocycles. The number of nitrogens with zero attached hydrogens (tertiary/aromatic N) is 1. The summed E-state index contributed by atoms with van der Waals surface area (Å²) in [4.78, 5) is 13.1. The molecule has 28 heavy (non-hydrogen) atoms. The molecule has 146 valence electrons. The Labute approximate surface area is 163 Å². The van der Waals surface area contributed by atoms with Gasteiger partial charge < -0.3 is 18.8 Å². The minimum Gasteiger partial charge on any atom is -0.493 e. The Hall–Kier alpha value is -3.03. The first-order chi connectivity index (χ1) is 13.7. The fraction of sp³-hybridized carbons (Fsp3) is 0.286. The number of nitrogens with one attached hydrogen (secondary N) is 2. The summed E-state index contributed by atoms with van der Waals surface area (Å²) >= 11 is 0. The van der Waals surface area contributed by atoms with Gasteiger partial charge in [0.15, 0.2) is 17.3 Å². The van der Waals surface area contributed by atoms with Gasteiger partial charge in [-0.1, -0.05) is 18.2 Å². The number of para-hydroxylation sites is 1. The molecule has 0 aliphatic carbocycles. The van der Waals surface area contributed by atoms with Crippen LogP contribution in [-0.2, 0) is 0 Å². The van der Waals surface area contributed by atoms with E-state index in [4.69, 9.17) is 14.2 Å². The molecule has 3 aromatic rings. The van der Waals surface area contributed by atoms with E-state index in [2.05, 4.69) is 33.4 Å². The predicted octanol–water partition coefficient (Wildman–Crippen LogP) is 2.57. The molecule has 0 saturated carbocycles. The second-order valence-corrected chi connectivity index (χ2v) is 6.59. The van der Waals surface area contributed by atoms with Crippen molar-refractivity contribution < 1.29 is 19.0 Å². The fourth-order valence-corrected chi connectivity index (χ4v) is 3.64. The maximum Gasteiger partial charge on any atom is 0.203 e. The molecular weight excluding hydrogens is 358 g/mol. The Morgan fingerprint density at radius 1 is 1.04 bits per heavy atom. The number of benzene rings is 2. The van der Waals surface area contributed by atoms with Crippen molar-refractivity contribution in [2.45, 2.75) is 12.3 Å². The third-order valence-corrected chi connectivity index (χ3v) is 5.05. The van der Waals surface area contributed by atoms with Gasteiger partial charge in [-0.2, -0.15) is 0 Å². The Morgan fingerprint density at radius 3 is 2.43 bits per heavy atom. The molecule has 2 atom stereocenters. The molecule has 0 amide bonds. The van der Waals surface area contributed by atoms with Crippen molar-refractivity contribution in [2.75, 3.05) is 27.9 Å². The lowest BCUT2D eigenvalue weighted by molar-refractivity contribution is 0.0952. The number of carbonyl (C=O) groups is 1. The molecule has 4 rings (SSSR count). The van der Waals surface area contributed by atoms with Crippen LogP contribution in [0.2, 0.25) is 0 Å². The van der Waals surface area contributed by atoms with Gasteiger partial charge in [0.1, 0.15) is 6.29 Å². The van der Waals surface area contributed by atoms with Crippen LogP contribution in [-0.4, -0.2) is 44.3 Å². The lowest BCUT2D eigenvalue weighted by Crippen LogP contribution is -2.35. The van der Waals surface area contributed by atoms with Gasteiger partial charge in [0.2, 0.25) is 5.75 Å². The average molecular weight is 381 g/mol. The first-order valence-electron chi connectivity index (χ1n) is 9.05. The lowest BCUT2D eigenvalue weighted by Gasteiger charge is -2.17. The summed E-state index contributed by atoms with van der Waals surface area (Å²) in [5, 5.41) is 7.91. The van der Waals surface area contributed by atoms with Crippen LogP contribution in [0.4, 0.5) is 0 Å². The van der Waals surface area contributed by atoms with E-state index in [9.17, 15) is 4.79 Å². The molecule has 0 bridgehead atoms. The van der Waals surface area contributed by atoms with Gasteiger partial charge >= 0.3 is 0 Å². The summed E-state index contributed by atoms with van der Waals surface area (Å²) in [6, 6.07) is 13.2. The molecule has 7 heteroatoms. The number of carbonyl (C=O) groups excluding carboxylic acids is 1. The summed E-state index contributed by atoms with van der Waals surface area (Å²) in [5.74, 6) is 1.36. The minimum atomic E-state index is -0.367. The molecule has 7 nitrogen and oxygen atoms in total. The maximum absolute atomic E-state index is 13.1. The molecule has 2 unspecified atom stereocenters. The van der Waals surface area contributed by atoms with Gasteiger partial charge in [-0.3, -0.25) is 15.4 Å². The molecular formula is C21H23N3O4. The number of hydrogen-bond acceptors (Lipinski definition) is 6. The van der Waals surface area contributed by atoms with E-state index in [-0.39, 0.29) is 18.1 Å². The standard InChI is InChI=1S/C21H23N3O4/c1-26-17-10-14(11-18(27-2)20(17)28-3)19(25)15-12-22-21(23-15)24-9-8-13-6-4-5-7-16(13)24/h4-11,15,21-23H,12H2,1-3H3. The minimum absolute atomic E-state index is 0.0364. The number of Topliss-reactive ketones (excluding diaryl/α,β-unsaturated/α-hetero) is 1. The molecule has 1 fully saturated rings.